The molecule has 28 heavy (non-hydrogen) atoms. The number of rotatable bonds is 5. The summed E-state index contributed by atoms with van der Waals surface area (Å²) in [6, 6.07) is 18.7. The maximum Gasteiger partial charge on any atom is 0.212 e. The first kappa shape index (κ1) is 18.6. The van der Waals surface area contributed by atoms with Gasteiger partial charge in [-0.1, -0.05) is 48.9 Å². The molecule has 4 aromatic rings. The molecule has 0 saturated carbocycles. The summed E-state index contributed by atoms with van der Waals surface area (Å²) < 4.78 is 7.62. The summed E-state index contributed by atoms with van der Waals surface area (Å²) in [6.45, 7) is 5.07. The summed E-state index contributed by atoms with van der Waals surface area (Å²) >= 11 is 6.47. The second kappa shape index (κ2) is 7.69. The highest BCUT2D eigenvalue weighted by molar-refractivity contribution is 6.31. The van der Waals surface area contributed by atoms with Crippen LogP contribution in [0.5, 0.6) is 5.88 Å². The van der Waals surface area contributed by atoms with Gasteiger partial charge in [-0.05, 0) is 42.7 Å². The molecule has 0 amide bonds. The van der Waals surface area contributed by atoms with E-state index in [0.717, 1.165) is 29.1 Å². The number of pyridine rings is 1. The zero-order chi connectivity index (χ0) is 19.7. The summed E-state index contributed by atoms with van der Waals surface area (Å²) in [7, 11) is 1.64. The Kier molecular flexibility index (Phi) is 5.10. The Labute approximate surface area is 170 Å². The van der Waals surface area contributed by atoms with Crippen LogP contribution in [0.1, 0.15) is 23.7 Å². The highest BCUT2D eigenvalue weighted by Gasteiger charge is 2.18. The molecule has 0 saturated heterocycles. The first-order chi connectivity index (χ1) is 13.6. The van der Waals surface area contributed by atoms with Gasteiger partial charge >= 0.3 is 0 Å². The fourth-order valence-corrected chi connectivity index (χ4v) is 4.02. The van der Waals surface area contributed by atoms with E-state index >= 15 is 0 Å². The molecule has 0 radical (unpaired) electrons. The summed E-state index contributed by atoms with van der Waals surface area (Å²) in [6.07, 6.45) is 2.81. The summed E-state index contributed by atoms with van der Waals surface area (Å²) in [5, 5.41) is 2.04. The quantitative estimate of drug-likeness (QED) is 0.400. The smallest absolute Gasteiger partial charge is 0.212 e. The first-order valence-corrected chi connectivity index (χ1v) is 9.85. The zero-order valence-corrected chi connectivity index (χ0v) is 17.1. The number of methoxy groups -OCH3 is 1. The van der Waals surface area contributed by atoms with E-state index in [1.807, 2.05) is 30.5 Å². The maximum atomic E-state index is 6.47. The van der Waals surface area contributed by atoms with Gasteiger partial charge < -0.3 is 9.30 Å². The van der Waals surface area contributed by atoms with Crippen LogP contribution >= 0.6 is 11.6 Å². The van der Waals surface area contributed by atoms with E-state index in [2.05, 4.69) is 53.7 Å². The van der Waals surface area contributed by atoms with Crippen LogP contribution in [0.25, 0.3) is 22.0 Å². The number of halogens is 1. The van der Waals surface area contributed by atoms with Gasteiger partial charge in [0.15, 0.2) is 0 Å². The highest BCUT2D eigenvalue weighted by Crippen LogP contribution is 2.37. The van der Waals surface area contributed by atoms with Crippen molar-refractivity contribution in [2.75, 3.05) is 7.11 Å². The molecule has 0 aliphatic carbocycles. The number of aryl methyl sites for hydroxylation is 1. The molecule has 0 atom stereocenters. The first-order valence-electron chi connectivity index (χ1n) is 9.48. The topological polar surface area (TPSA) is 27.1 Å². The third-order valence-electron chi connectivity index (χ3n) is 5.18. The largest absolute Gasteiger partial charge is 0.481 e. The van der Waals surface area contributed by atoms with Crippen LogP contribution in [-0.2, 0) is 13.0 Å². The number of hydrogen-bond acceptors (Lipinski definition) is 2. The lowest BCUT2D eigenvalue weighted by Crippen LogP contribution is -2.05. The second-order valence-electron chi connectivity index (χ2n) is 6.96. The average molecular weight is 391 g/mol. The van der Waals surface area contributed by atoms with Crippen molar-refractivity contribution in [1.29, 1.82) is 0 Å². The van der Waals surface area contributed by atoms with Crippen LogP contribution in [0.3, 0.4) is 0 Å². The lowest BCUT2D eigenvalue weighted by atomic mass is 10.0. The van der Waals surface area contributed by atoms with E-state index in [1.165, 1.54) is 27.7 Å². The van der Waals surface area contributed by atoms with Crippen LogP contribution in [-0.4, -0.2) is 16.7 Å². The Morgan fingerprint density at radius 2 is 1.89 bits per heavy atom. The van der Waals surface area contributed by atoms with Gasteiger partial charge in [0, 0.05) is 51.6 Å². The van der Waals surface area contributed by atoms with E-state index in [0.29, 0.717) is 5.88 Å². The van der Waals surface area contributed by atoms with E-state index in [1.54, 1.807) is 7.11 Å². The SMILES string of the molecule is CCc1c(-c2ccc(OC)nc2)c2ccc(C)cc2n1Cc1ccccc1Cl. The number of benzene rings is 2. The normalized spacial score (nSPS) is 11.1. The summed E-state index contributed by atoms with van der Waals surface area (Å²) in [5.41, 5.74) is 7.21. The lowest BCUT2D eigenvalue weighted by molar-refractivity contribution is 0.398. The molecule has 3 nitrogen and oxygen atoms in total. The number of aromatic nitrogens is 2. The van der Waals surface area contributed by atoms with Crippen molar-refractivity contribution < 1.29 is 4.74 Å². The van der Waals surface area contributed by atoms with Gasteiger partial charge in [0.05, 0.1) is 7.11 Å². The molecule has 0 unspecified atom stereocenters. The van der Waals surface area contributed by atoms with Gasteiger partial charge in [-0.3, -0.25) is 0 Å². The molecule has 0 aliphatic heterocycles. The Bertz CT molecular complexity index is 1130. The van der Waals surface area contributed by atoms with Crippen LogP contribution in [0.15, 0.2) is 60.8 Å². The predicted molar refractivity (Wildman–Crippen MR) is 116 cm³/mol. The molecule has 0 fully saturated rings. The Morgan fingerprint density at radius 3 is 2.57 bits per heavy atom. The molecule has 2 aromatic carbocycles. The number of fused-ring (bicyclic) bond motifs is 1. The zero-order valence-electron chi connectivity index (χ0n) is 16.4. The summed E-state index contributed by atoms with van der Waals surface area (Å²) in [4.78, 5) is 4.43. The molecule has 0 bridgehead atoms. The van der Waals surface area contributed by atoms with Gasteiger partial charge in [-0.25, -0.2) is 4.98 Å². The van der Waals surface area contributed by atoms with Crippen molar-refractivity contribution in [3.8, 4) is 17.0 Å². The average Bonchev–Trinajstić information content (AvgIpc) is 3.02. The van der Waals surface area contributed by atoms with Crippen molar-refractivity contribution in [3.05, 3.63) is 82.6 Å². The van der Waals surface area contributed by atoms with Crippen LogP contribution in [0, 0.1) is 6.92 Å². The van der Waals surface area contributed by atoms with E-state index < -0.39 is 0 Å². The molecule has 2 heterocycles. The van der Waals surface area contributed by atoms with Crippen LogP contribution < -0.4 is 4.74 Å². The molecule has 2 aromatic heterocycles. The van der Waals surface area contributed by atoms with E-state index in [4.69, 9.17) is 16.3 Å². The number of ether oxygens (including phenoxy) is 1. The number of hydrogen-bond donors (Lipinski definition) is 0. The second-order valence-corrected chi connectivity index (χ2v) is 7.37. The third kappa shape index (κ3) is 3.27. The Hall–Kier alpha value is -2.78. The fourth-order valence-electron chi connectivity index (χ4n) is 3.83. The van der Waals surface area contributed by atoms with E-state index in [9.17, 15) is 0 Å². The van der Waals surface area contributed by atoms with Crippen molar-refractivity contribution >= 4 is 22.5 Å². The van der Waals surface area contributed by atoms with Crippen LogP contribution in [0.2, 0.25) is 5.02 Å². The molecule has 4 heteroatoms. The van der Waals surface area contributed by atoms with Gasteiger partial charge in [-0.15, -0.1) is 0 Å². The van der Waals surface area contributed by atoms with Crippen LogP contribution in [0.4, 0.5) is 0 Å². The monoisotopic (exact) mass is 390 g/mol. The minimum absolute atomic E-state index is 0.623. The van der Waals surface area contributed by atoms with Gasteiger partial charge in [-0.2, -0.15) is 0 Å². The predicted octanol–water partition coefficient (Wildman–Crippen LogP) is 6.28. The van der Waals surface area contributed by atoms with Gasteiger partial charge in [0.1, 0.15) is 0 Å². The van der Waals surface area contributed by atoms with Crippen molar-refractivity contribution in [3.63, 3.8) is 0 Å². The molecule has 0 N–H and O–H groups in total. The highest BCUT2D eigenvalue weighted by atomic mass is 35.5. The van der Waals surface area contributed by atoms with Gasteiger partial charge in [0.25, 0.3) is 0 Å². The molecular weight excluding hydrogens is 368 g/mol. The molecule has 142 valence electrons. The van der Waals surface area contributed by atoms with Crippen molar-refractivity contribution in [1.82, 2.24) is 9.55 Å². The molecule has 0 spiro atoms. The molecular formula is C24H23ClN2O. The minimum Gasteiger partial charge on any atom is -0.481 e. The Morgan fingerprint density at radius 1 is 1.07 bits per heavy atom. The number of nitrogens with zero attached hydrogens (tertiary/aromatic N) is 2. The van der Waals surface area contributed by atoms with Crippen molar-refractivity contribution in [2.24, 2.45) is 0 Å². The standard InChI is InChI=1S/C24H23ClN2O/c1-4-21-24(17-10-12-23(28-3)26-14-17)19-11-9-16(2)13-22(19)27(21)15-18-7-5-6-8-20(18)25/h5-14H,4,15H2,1-3H3. The fraction of sp³-hybridized carbons (Fsp3) is 0.208. The molecule has 4 rings (SSSR count). The molecule has 0 aliphatic rings. The Balaban J connectivity index is 1.96. The maximum absolute atomic E-state index is 6.47. The summed E-state index contributed by atoms with van der Waals surface area (Å²) in [5.74, 6) is 0.623. The van der Waals surface area contributed by atoms with Crippen molar-refractivity contribution in [2.45, 2.75) is 26.8 Å². The lowest BCUT2D eigenvalue weighted by Gasteiger charge is -2.12. The van der Waals surface area contributed by atoms with E-state index in [-0.39, 0.29) is 0 Å². The third-order valence-corrected chi connectivity index (χ3v) is 5.55. The van der Waals surface area contributed by atoms with Gasteiger partial charge in [0.2, 0.25) is 5.88 Å². The minimum atomic E-state index is 0.623.